The maximum Gasteiger partial charge on any atom is 0.315 e. The van der Waals surface area contributed by atoms with Crippen molar-refractivity contribution in [2.75, 3.05) is 18.4 Å². The van der Waals surface area contributed by atoms with Gasteiger partial charge in [0.2, 0.25) is 0 Å². The molecule has 2 aliphatic heterocycles. The van der Waals surface area contributed by atoms with Crippen molar-refractivity contribution in [2.24, 2.45) is 0 Å². The minimum absolute atomic E-state index is 0.0840. The molecule has 2 atom stereocenters. The van der Waals surface area contributed by atoms with Crippen LogP contribution in [0.5, 0.6) is 0 Å². The smallest absolute Gasteiger partial charge is 0.315 e. The van der Waals surface area contributed by atoms with Crippen LogP contribution in [0, 0.1) is 6.92 Å². The maximum atomic E-state index is 12.8. The van der Waals surface area contributed by atoms with E-state index in [1.54, 1.807) is 21.3 Å². The standard InChI is InChI=1S/C20H24N4O3S/c1-12-4-6-15(7-5-12)24-18(16-10-28-11-17(16)22-24)21-19(25)20(26)23-8-13(2)27-14(3)9-23/h4-7,13-14H,8-11H2,1-3H3,(H,21,25)/t13-,14+. The van der Waals surface area contributed by atoms with Crippen LogP contribution < -0.4 is 5.32 Å². The summed E-state index contributed by atoms with van der Waals surface area (Å²) in [6.45, 7) is 6.67. The molecular weight excluding hydrogens is 376 g/mol. The predicted octanol–water partition coefficient (Wildman–Crippen LogP) is 2.50. The number of hydrogen-bond donors (Lipinski definition) is 1. The molecule has 8 heteroatoms. The molecule has 28 heavy (non-hydrogen) atoms. The third-order valence-corrected chi connectivity index (χ3v) is 5.93. The van der Waals surface area contributed by atoms with Gasteiger partial charge in [0.05, 0.1) is 23.6 Å². The summed E-state index contributed by atoms with van der Waals surface area (Å²) in [5, 5.41) is 7.52. The van der Waals surface area contributed by atoms with E-state index in [1.165, 1.54) is 0 Å². The van der Waals surface area contributed by atoms with Gasteiger partial charge in [0, 0.05) is 30.2 Å². The minimum Gasteiger partial charge on any atom is -0.372 e. The molecule has 0 bridgehead atoms. The summed E-state index contributed by atoms with van der Waals surface area (Å²) >= 11 is 1.76. The highest BCUT2D eigenvalue weighted by atomic mass is 32.2. The molecule has 0 saturated carbocycles. The second-order valence-electron chi connectivity index (χ2n) is 7.44. The van der Waals surface area contributed by atoms with E-state index in [0.717, 1.165) is 34.0 Å². The van der Waals surface area contributed by atoms with Crippen LogP contribution in [0.15, 0.2) is 24.3 Å². The van der Waals surface area contributed by atoms with Gasteiger partial charge in [-0.2, -0.15) is 16.9 Å². The van der Waals surface area contributed by atoms with Crippen molar-refractivity contribution in [2.45, 2.75) is 44.5 Å². The van der Waals surface area contributed by atoms with Gasteiger partial charge in [0.15, 0.2) is 0 Å². The number of fused-ring (bicyclic) bond motifs is 1. The first-order chi connectivity index (χ1) is 13.4. The lowest BCUT2D eigenvalue weighted by Gasteiger charge is -2.34. The van der Waals surface area contributed by atoms with Crippen LogP contribution in [0.4, 0.5) is 5.82 Å². The summed E-state index contributed by atoms with van der Waals surface area (Å²) in [7, 11) is 0. The highest BCUT2D eigenvalue weighted by molar-refractivity contribution is 7.98. The first-order valence-electron chi connectivity index (χ1n) is 9.43. The summed E-state index contributed by atoms with van der Waals surface area (Å²) in [5.41, 5.74) is 3.97. The highest BCUT2D eigenvalue weighted by Crippen LogP contribution is 2.36. The van der Waals surface area contributed by atoms with E-state index in [-0.39, 0.29) is 12.2 Å². The van der Waals surface area contributed by atoms with E-state index >= 15 is 0 Å². The van der Waals surface area contributed by atoms with Crippen molar-refractivity contribution in [3.63, 3.8) is 0 Å². The molecule has 1 fully saturated rings. The third kappa shape index (κ3) is 3.66. The number of hydrogen-bond acceptors (Lipinski definition) is 5. The number of carbonyl (C=O) groups excluding carboxylic acids is 2. The summed E-state index contributed by atoms with van der Waals surface area (Å²) in [6, 6.07) is 7.94. The predicted molar refractivity (Wildman–Crippen MR) is 109 cm³/mol. The van der Waals surface area contributed by atoms with Crippen LogP contribution in [0.2, 0.25) is 0 Å². The van der Waals surface area contributed by atoms with Crippen molar-refractivity contribution in [3.8, 4) is 5.69 Å². The van der Waals surface area contributed by atoms with Crippen molar-refractivity contribution in [1.29, 1.82) is 0 Å². The zero-order valence-corrected chi connectivity index (χ0v) is 17.1. The first kappa shape index (κ1) is 19.0. The Bertz CT molecular complexity index is 899. The number of nitrogens with zero attached hydrogens (tertiary/aromatic N) is 3. The van der Waals surface area contributed by atoms with Crippen LogP contribution in [0.3, 0.4) is 0 Å². The average molecular weight is 401 g/mol. The van der Waals surface area contributed by atoms with E-state index < -0.39 is 11.8 Å². The topological polar surface area (TPSA) is 76.5 Å². The lowest BCUT2D eigenvalue weighted by Crippen LogP contribution is -2.51. The second-order valence-corrected chi connectivity index (χ2v) is 8.42. The first-order valence-corrected chi connectivity index (χ1v) is 10.6. The summed E-state index contributed by atoms with van der Waals surface area (Å²) < 4.78 is 7.39. The number of benzene rings is 1. The van der Waals surface area contributed by atoms with Crippen molar-refractivity contribution < 1.29 is 14.3 Å². The Kier molecular flexibility index (Phi) is 5.16. The number of nitrogens with one attached hydrogen (secondary N) is 1. The van der Waals surface area contributed by atoms with Gasteiger partial charge in [-0.25, -0.2) is 4.68 Å². The Morgan fingerprint density at radius 3 is 2.50 bits per heavy atom. The van der Waals surface area contributed by atoms with E-state index in [4.69, 9.17) is 4.74 Å². The van der Waals surface area contributed by atoms with E-state index in [1.807, 2.05) is 45.0 Å². The Balaban J connectivity index is 1.59. The van der Waals surface area contributed by atoms with Gasteiger partial charge in [0.25, 0.3) is 0 Å². The van der Waals surface area contributed by atoms with Crippen LogP contribution in [0.25, 0.3) is 5.69 Å². The molecule has 3 heterocycles. The number of aryl methyl sites for hydroxylation is 1. The van der Waals surface area contributed by atoms with Crippen LogP contribution in [-0.2, 0) is 25.8 Å². The van der Waals surface area contributed by atoms with Crippen molar-refractivity contribution in [1.82, 2.24) is 14.7 Å². The van der Waals surface area contributed by atoms with Gasteiger partial charge in [-0.3, -0.25) is 9.59 Å². The van der Waals surface area contributed by atoms with Gasteiger partial charge in [-0.15, -0.1) is 0 Å². The molecule has 7 nitrogen and oxygen atoms in total. The lowest BCUT2D eigenvalue weighted by molar-refractivity contribution is -0.151. The monoisotopic (exact) mass is 400 g/mol. The number of carbonyl (C=O) groups is 2. The molecule has 2 aliphatic rings. The molecule has 0 unspecified atom stereocenters. The molecule has 1 aromatic carbocycles. The zero-order chi connectivity index (χ0) is 19.8. The Labute approximate surface area is 168 Å². The van der Waals surface area contributed by atoms with Crippen LogP contribution >= 0.6 is 11.8 Å². The van der Waals surface area contributed by atoms with Crippen molar-refractivity contribution in [3.05, 3.63) is 41.1 Å². The molecule has 1 saturated heterocycles. The van der Waals surface area contributed by atoms with E-state index in [9.17, 15) is 9.59 Å². The fourth-order valence-electron chi connectivity index (χ4n) is 3.66. The van der Waals surface area contributed by atoms with Crippen LogP contribution in [-0.4, -0.2) is 51.8 Å². The molecule has 1 aromatic heterocycles. The highest BCUT2D eigenvalue weighted by Gasteiger charge is 2.32. The average Bonchev–Trinajstić information content (AvgIpc) is 3.23. The summed E-state index contributed by atoms with van der Waals surface area (Å²) in [6.07, 6.45) is -0.168. The van der Waals surface area contributed by atoms with Crippen molar-refractivity contribution >= 4 is 29.4 Å². The van der Waals surface area contributed by atoms with E-state index in [0.29, 0.717) is 18.9 Å². The Morgan fingerprint density at radius 2 is 1.82 bits per heavy atom. The van der Waals surface area contributed by atoms with Crippen LogP contribution in [0.1, 0.15) is 30.7 Å². The molecule has 0 aliphatic carbocycles. The SMILES string of the molecule is Cc1ccc(-n2nc3c(c2NC(=O)C(=O)N2C[C@@H](C)O[C@@H](C)C2)CSC3)cc1. The van der Waals surface area contributed by atoms with E-state index in [2.05, 4.69) is 10.4 Å². The number of amides is 2. The molecule has 0 radical (unpaired) electrons. The quantitative estimate of drug-likeness (QED) is 0.784. The van der Waals surface area contributed by atoms with Gasteiger partial charge in [-0.1, -0.05) is 17.7 Å². The molecule has 2 amide bonds. The zero-order valence-electron chi connectivity index (χ0n) is 16.3. The molecule has 0 spiro atoms. The second kappa shape index (κ2) is 7.60. The lowest BCUT2D eigenvalue weighted by atomic mass is 10.2. The molecule has 2 aromatic rings. The normalized spacial score (nSPS) is 21.5. The number of thioether (sulfide) groups is 1. The molecule has 1 N–H and O–H groups in total. The maximum absolute atomic E-state index is 12.8. The number of anilines is 1. The summed E-state index contributed by atoms with van der Waals surface area (Å²) in [5.74, 6) is 1.02. The summed E-state index contributed by atoms with van der Waals surface area (Å²) in [4.78, 5) is 27.1. The number of aromatic nitrogens is 2. The fraction of sp³-hybridized carbons (Fsp3) is 0.450. The fourth-order valence-corrected chi connectivity index (χ4v) is 4.70. The third-order valence-electron chi connectivity index (χ3n) is 4.96. The van der Waals surface area contributed by atoms with Gasteiger partial charge >= 0.3 is 11.8 Å². The van der Waals surface area contributed by atoms with Gasteiger partial charge in [0.1, 0.15) is 5.82 Å². The minimum atomic E-state index is -0.630. The molecule has 4 rings (SSSR count). The van der Waals surface area contributed by atoms with Gasteiger partial charge in [-0.05, 0) is 32.9 Å². The molecule has 148 valence electrons. The Morgan fingerprint density at radius 1 is 1.14 bits per heavy atom. The largest absolute Gasteiger partial charge is 0.372 e. The Hall–Kier alpha value is -2.32. The number of ether oxygens (including phenoxy) is 1. The number of rotatable bonds is 2. The number of morpholine rings is 1. The molecular formula is C20H24N4O3S. The van der Waals surface area contributed by atoms with Gasteiger partial charge < -0.3 is 15.0 Å².